The minimum Gasteiger partial charge on any atom is -0.300 e. The van der Waals surface area contributed by atoms with E-state index in [2.05, 4.69) is 22.2 Å². The van der Waals surface area contributed by atoms with E-state index in [0.29, 0.717) is 4.77 Å². The van der Waals surface area contributed by atoms with Crippen LogP contribution in [-0.4, -0.2) is 24.5 Å². The van der Waals surface area contributed by atoms with Crippen LogP contribution in [0.15, 0.2) is 0 Å². The summed E-state index contributed by atoms with van der Waals surface area (Å²) in [6.07, 6.45) is 0. The first kappa shape index (κ1) is 11.1. The van der Waals surface area contributed by atoms with Crippen molar-refractivity contribution in [2.24, 2.45) is 7.05 Å². The molecule has 1 N–H and O–H groups in total. The Morgan fingerprint density at radius 3 is 2.44 bits per heavy atom. The molecule has 86 valence electrons. The zero-order valence-corrected chi connectivity index (χ0v) is 10.7. The normalized spacial score (nSPS) is 11.0. The van der Waals surface area contributed by atoms with Gasteiger partial charge in [-0.2, -0.15) is 10.2 Å². The minimum atomic E-state index is 0.653. The van der Waals surface area contributed by atoms with Crippen LogP contribution in [0.2, 0.25) is 0 Å². The van der Waals surface area contributed by atoms with Crippen LogP contribution in [0.5, 0.6) is 0 Å². The zero-order valence-electron chi connectivity index (χ0n) is 9.90. The van der Waals surface area contributed by atoms with Crippen molar-refractivity contribution in [3.8, 4) is 0 Å². The maximum absolute atomic E-state index is 5.18. The summed E-state index contributed by atoms with van der Waals surface area (Å²) in [5.74, 6) is 0.896. The maximum atomic E-state index is 5.18. The lowest BCUT2D eigenvalue weighted by molar-refractivity contribution is 0.720. The average Bonchev–Trinajstić information content (AvgIpc) is 2.65. The number of H-pyrrole nitrogens is 1. The highest BCUT2D eigenvalue weighted by molar-refractivity contribution is 7.71. The van der Waals surface area contributed by atoms with E-state index in [9.17, 15) is 0 Å². The van der Waals surface area contributed by atoms with Crippen molar-refractivity contribution in [3.63, 3.8) is 0 Å². The molecule has 0 saturated heterocycles. The number of aryl methyl sites for hydroxylation is 3. The molecule has 0 spiro atoms. The van der Waals surface area contributed by atoms with Gasteiger partial charge in [-0.3, -0.25) is 14.3 Å². The largest absolute Gasteiger partial charge is 0.300 e. The monoisotopic (exact) mass is 237 g/mol. The molecule has 5 nitrogen and oxygen atoms in total. The molecule has 0 saturated carbocycles. The summed E-state index contributed by atoms with van der Waals surface area (Å²) in [5.41, 5.74) is 3.42. The Balaban J connectivity index is 2.45. The summed E-state index contributed by atoms with van der Waals surface area (Å²) in [4.78, 5) is 0. The topological polar surface area (TPSA) is 51.4 Å². The van der Waals surface area contributed by atoms with Crippen molar-refractivity contribution in [3.05, 3.63) is 27.5 Å². The van der Waals surface area contributed by atoms with Gasteiger partial charge in [-0.1, -0.05) is 0 Å². The van der Waals surface area contributed by atoms with Crippen molar-refractivity contribution in [2.45, 2.75) is 27.3 Å². The van der Waals surface area contributed by atoms with E-state index in [0.717, 1.165) is 18.1 Å². The molecule has 6 heteroatoms. The molecule has 0 aliphatic heterocycles. The van der Waals surface area contributed by atoms with Crippen LogP contribution >= 0.6 is 12.2 Å². The summed E-state index contributed by atoms with van der Waals surface area (Å²) >= 11 is 5.18. The molecule has 0 bridgehead atoms. The Morgan fingerprint density at radius 1 is 1.31 bits per heavy atom. The number of aromatic amines is 1. The van der Waals surface area contributed by atoms with Gasteiger partial charge in [-0.05, 0) is 33.0 Å². The van der Waals surface area contributed by atoms with E-state index in [4.69, 9.17) is 12.2 Å². The second-order valence-electron chi connectivity index (χ2n) is 3.94. The van der Waals surface area contributed by atoms with E-state index < -0.39 is 0 Å². The van der Waals surface area contributed by atoms with Crippen molar-refractivity contribution < 1.29 is 0 Å². The van der Waals surface area contributed by atoms with Gasteiger partial charge in [0.05, 0.1) is 12.2 Å². The Morgan fingerprint density at radius 2 is 2.00 bits per heavy atom. The standard InChI is InChI=1S/C10H15N5S/c1-6-9(7(2)14(4)13-6)5-15-8(3)11-12-10(15)16/h5H2,1-4H3,(H,12,16). The fourth-order valence-electron chi connectivity index (χ4n) is 1.79. The Kier molecular flexibility index (Phi) is 2.67. The third kappa shape index (κ3) is 1.69. The molecule has 2 rings (SSSR count). The van der Waals surface area contributed by atoms with E-state index in [-0.39, 0.29) is 0 Å². The lowest BCUT2D eigenvalue weighted by atomic mass is 10.2. The van der Waals surface area contributed by atoms with Crippen molar-refractivity contribution in [1.29, 1.82) is 0 Å². The van der Waals surface area contributed by atoms with Gasteiger partial charge < -0.3 is 0 Å². The lowest BCUT2D eigenvalue weighted by Gasteiger charge is -2.04. The molecule has 0 aliphatic carbocycles. The molecular weight excluding hydrogens is 222 g/mol. The van der Waals surface area contributed by atoms with Crippen LogP contribution in [0.4, 0.5) is 0 Å². The second kappa shape index (κ2) is 3.86. The summed E-state index contributed by atoms with van der Waals surface area (Å²) in [6.45, 7) is 6.75. The van der Waals surface area contributed by atoms with Crippen LogP contribution in [0.25, 0.3) is 0 Å². The molecule has 0 aliphatic rings. The minimum absolute atomic E-state index is 0.653. The molecule has 0 aromatic carbocycles. The molecule has 0 fully saturated rings. The van der Waals surface area contributed by atoms with E-state index >= 15 is 0 Å². The molecule has 0 unspecified atom stereocenters. The quantitative estimate of drug-likeness (QED) is 0.808. The van der Waals surface area contributed by atoms with Crippen LogP contribution in [0.1, 0.15) is 22.8 Å². The van der Waals surface area contributed by atoms with Gasteiger partial charge in [-0.15, -0.1) is 0 Å². The molecule has 16 heavy (non-hydrogen) atoms. The Hall–Kier alpha value is -1.43. The number of nitrogens with zero attached hydrogens (tertiary/aromatic N) is 4. The van der Waals surface area contributed by atoms with Gasteiger partial charge in [0.25, 0.3) is 0 Å². The summed E-state index contributed by atoms with van der Waals surface area (Å²) in [6, 6.07) is 0. The Labute approximate surface area is 99.1 Å². The lowest BCUT2D eigenvalue weighted by Crippen LogP contribution is -2.04. The highest BCUT2D eigenvalue weighted by Gasteiger charge is 2.11. The SMILES string of the molecule is Cc1nn(C)c(C)c1Cn1c(C)n[nH]c1=S. The van der Waals surface area contributed by atoms with E-state index in [1.54, 1.807) is 0 Å². The number of hydrogen-bond donors (Lipinski definition) is 1. The van der Waals surface area contributed by atoms with Crippen LogP contribution in [0, 0.1) is 25.5 Å². The van der Waals surface area contributed by atoms with Gasteiger partial charge in [0, 0.05) is 18.3 Å². The van der Waals surface area contributed by atoms with Gasteiger partial charge in [0.2, 0.25) is 0 Å². The first-order valence-corrected chi connectivity index (χ1v) is 5.52. The van der Waals surface area contributed by atoms with E-state index in [1.807, 2.05) is 30.1 Å². The van der Waals surface area contributed by atoms with Gasteiger partial charge in [0.15, 0.2) is 4.77 Å². The smallest absolute Gasteiger partial charge is 0.195 e. The predicted molar refractivity (Wildman–Crippen MR) is 63.9 cm³/mol. The molecule has 0 amide bonds. The fraction of sp³-hybridized carbons (Fsp3) is 0.500. The Bertz CT molecular complexity index is 575. The molecule has 0 radical (unpaired) electrons. The highest BCUT2D eigenvalue weighted by Crippen LogP contribution is 2.14. The number of aromatic nitrogens is 5. The van der Waals surface area contributed by atoms with Crippen molar-refractivity contribution in [1.82, 2.24) is 24.5 Å². The number of nitrogens with one attached hydrogen (secondary N) is 1. The third-order valence-electron chi connectivity index (χ3n) is 2.92. The van der Waals surface area contributed by atoms with E-state index in [1.165, 1.54) is 11.3 Å². The second-order valence-corrected chi connectivity index (χ2v) is 4.32. The van der Waals surface area contributed by atoms with Gasteiger partial charge in [0.1, 0.15) is 5.82 Å². The maximum Gasteiger partial charge on any atom is 0.195 e. The average molecular weight is 237 g/mol. The van der Waals surface area contributed by atoms with Crippen LogP contribution in [0.3, 0.4) is 0 Å². The first-order valence-electron chi connectivity index (χ1n) is 5.11. The summed E-state index contributed by atoms with van der Waals surface area (Å²) in [7, 11) is 1.95. The van der Waals surface area contributed by atoms with Crippen molar-refractivity contribution >= 4 is 12.2 Å². The summed E-state index contributed by atoms with van der Waals surface area (Å²) in [5, 5.41) is 11.3. The molecule has 2 heterocycles. The van der Waals surface area contributed by atoms with Crippen LogP contribution < -0.4 is 0 Å². The van der Waals surface area contributed by atoms with Crippen molar-refractivity contribution in [2.75, 3.05) is 0 Å². The third-order valence-corrected chi connectivity index (χ3v) is 3.24. The fourth-order valence-corrected chi connectivity index (χ4v) is 2.03. The molecule has 0 atom stereocenters. The molecular formula is C10H15N5S. The van der Waals surface area contributed by atoms with Crippen LogP contribution in [-0.2, 0) is 13.6 Å². The van der Waals surface area contributed by atoms with Gasteiger partial charge >= 0.3 is 0 Å². The number of hydrogen-bond acceptors (Lipinski definition) is 3. The molecule has 2 aromatic rings. The first-order chi connectivity index (χ1) is 7.50. The number of rotatable bonds is 2. The van der Waals surface area contributed by atoms with Gasteiger partial charge in [-0.25, -0.2) is 0 Å². The highest BCUT2D eigenvalue weighted by atomic mass is 32.1. The predicted octanol–water partition coefficient (Wildman–Crippen LogP) is 1.65. The molecule has 2 aromatic heterocycles. The zero-order chi connectivity index (χ0) is 11.9. The summed E-state index contributed by atoms with van der Waals surface area (Å²) < 4.78 is 4.52.